The molecule has 4 aromatic heterocycles. The van der Waals surface area contributed by atoms with Crippen LogP contribution >= 0.6 is 0 Å². The van der Waals surface area contributed by atoms with Gasteiger partial charge in [-0.25, -0.2) is 4.98 Å². The first kappa shape index (κ1) is 55.9. The Morgan fingerprint density at radius 2 is 0.809 bits per heavy atom. The van der Waals surface area contributed by atoms with Crippen LogP contribution in [0.2, 0.25) is 0 Å². The molecule has 4 heterocycles. The van der Waals surface area contributed by atoms with Crippen molar-refractivity contribution >= 4 is 54.6 Å². The summed E-state index contributed by atoms with van der Waals surface area (Å²) in [4.78, 5) is 5.08. The van der Waals surface area contributed by atoms with Crippen LogP contribution < -0.4 is 9.30 Å². The smallest absolute Gasteiger partial charge is 0.269 e. The van der Waals surface area contributed by atoms with Crippen molar-refractivity contribution in [3.05, 3.63) is 340 Å². The van der Waals surface area contributed by atoms with E-state index in [0.717, 1.165) is 122 Å². The lowest BCUT2D eigenvalue weighted by molar-refractivity contribution is -0.571. The van der Waals surface area contributed by atoms with Gasteiger partial charge in [0.2, 0.25) is 0 Å². The number of hydrogen-bond acceptors (Lipinski definition) is 2. The lowest BCUT2D eigenvalue weighted by Gasteiger charge is -2.20. The third kappa shape index (κ3) is 10.0. The largest absolute Gasteiger partial charge is 0.458 e. The highest BCUT2D eigenvalue weighted by Gasteiger charge is 2.24. The van der Waals surface area contributed by atoms with Gasteiger partial charge in [0.15, 0.2) is 0 Å². The van der Waals surface area contributed by atoms with Crippen LogP contribution in [-0.4, -0.2) is 18.7 Å². The highest BCUT2D eigenvalue weighted by Crippen LogP contribution is 2.43. The summed E-state index contributed by atoms with van der Waals surface area (Å²) in [5.41, 5.74) is 23.9. The van der Waals surface area contributed by atoms with E-state index < -0.39 is 0 Å². The number of benzene rings is 13. The average molecular weight is 1210 g/mol. The van der Waals surface area contributed by atoms with Crippen molar-refractivity contribution in [2.45, 2.75) is 26.2 Å². The quantitative estimate of drug-likeness (QED) is 0.0903. The molecule has 6 nitrogen and oxygen atoms in total. The number of pyridine rings is 1. The molecule has 17 aromatic rings. The monoisotopic (exact) mass is 1210 g/mol. The van der Waals surface area contributed by atoms with Crippen molar-refractivity contribution in [1.29, 1.82) is 0 Å². The molecule has 0 atom stereocenters. The first-order valence-corrected chi connectivity index (χ1v) is 32.2. The normalized spacial score (nSPS) is 11.8. The SMILES string of the molecule is CC(C)(C)c1ccnc(-n2c3ccc(-n4c5ccccc5c5ccccc54)cc3c3ccc(Oc4cccc(-n5[c-][n+](-c6c(-c7cc(-c8ccccc8)cc(-c8ccccc8)c7)cccc6-c6cc(-c7ccccc7)cc(-c7ccccc7)c6)c6ccccc65)c4)cc32)c1. The van der Waals surface area contributed by atoms with Gasteiger partial charge < -0.3 is 9.30 Å². The molecule has 0 saturated carbocycles. The predicted octanol–water partition coefficient (Wildman–Crippen LogP) is 22.4. The van der Waals surface area contributed by atoms with E-state index >= 15 is 0 Å². The van der Waals surface area contributed by atoms with E-state index in [0.29, 0.717) is 11.5 Å². The van der Waals surface area contributed by atoms with Crippen LogP contribution in [0.3, 0.4) is 0 Å². The van der Waals surface area contributed by atoms with Crippen molar-refractivity contribution in [3.8, 4) is 101 Å². The van der Waals surface area contributed by atoms with Crippen molar-refractivity contribution in [2.24, 2.45) is 0 Å². The van der Waals surface area contributed by atoms with Gasteiger partial charge in [0.1, 0.15) is 17.3 Å². The third-order valence-corrected chi connectivity index (χ3v) is 18.5. The Morgan fingerprint density at radius 3 is 1.37 bits per heavy atom. The van der Waals surface area contributed by atoms with E-state index in [4.69, 9.17) is 9.72 Å². The minimum Gasteiger partial charge on any atom is -0.458 e. The van der Waals surface area contributed by atoms with E-state index in [1.165, 1.54) is 27.4 Å². The molecule has 0 N–H and O–H groups in total. The zero-order chi connectivity index (χ0) is 62.9. The molecular formula is C88H63N5O. The number of hydrogen-bond donors (Lipinski definition) is 0. The van der Waals surface area contributed by atoms with Gasteiger partial charge in [-0.1, -0.05) is 227 Å². The fourth-order valence-corrected chi connectivity index (χ4v) is 13.9. The summed E-state index contributed by atoms with van der Waals surface area (Å²) >= 11 is 0. The topological polar surface area (TPSA) is 40.8 Å². The fraction of sp³-hybridized carbons (Fsp3) is 0.0455. The minimum absolute atomic E-state index is 0.0883. The number of para-hydroxylation sites is 5. The summed E-state index contributed by atoms with van der Waals surface area (Å²) in [5, 5.41) is 4.69. The lowest BCUT2D eigenvalue weighted by Crippen LogP contribution is -2.31. The molecule has 13 aromatic carbocycles. The number of ether oxygens (including phenoxy) is 1. The maximum atomic E-state index is 7.07. The first-order chi connectivity index (χ1) is 46.2. The molecule has 0 aliphatic rings. The van der Waals surface area contributed by atoms with Crippen LogP contribution in [0.5, 0.6) is 11.5 Å². The highest BCUT2D eigenvalue weighted by atomic mass is 16.5. The third-order valence-electron chi connectivity index (χ3n) is 18.5. The Labute approximate surface area is 546 Å². The van der Waals surface area contributed by atoms with E-state index in [9.17, 15) is 0 Å². The van der Waals surface area contributed by atoms with Gasteiger partial charge in [-0.2, -0.15) is 0 Å². The Bertz CT molecular complexity index is 5420. The Kier molecular flexibility index (Phi) is 13.7. The lowest BCUT2D eigenvalue weighted by atomic mass is 9.88. The summed E-state index contributed by atoms with van der Waals surface area (Å²) in [6, 6.07) is 116. The van der Waals surface area contributed by atoms with Crippen LogP contribution in [0.1, 0.15) is 26.3 Å². The van der Waals surface area contributed by atoms with Gasteiger partial charge in [-0.05, 0) is 187 Å². The standard InChI is InChI=1S/C88H63N5O/c1-88(2,3)69-46-47-89-86(54-69)93-82-45-42-71(92-80-38-18-16-34-76(80)77-35-17-19-39-81(77)92)56-79(82)78-44-43-73(57-85(78)93)94-72-33-22-32-70(55-72)90-58-91(84-41-21-20-40-83(84)90)87-74(67-50-63(59-24-8-4-9-25-59)48-64(51-67)60-26-10-5-11-27-60)36-23-37-75(87)68-52-65(61-28-12-6-13-29-61)49-66(53-68)62-30-14-7-15-31-62/h4-57H,1-3H3. The highest BCUT2D eigenvalue weighted by molar-refractivity contribution is 6.12. The molecule has 0 amide bonds. The van der Waals surface area contributed by atoms with E-state index in [1.807, 2.05) is 12.3 Å². The molecule has 0 saturated heterocycles. The van der Waals surface area contributed by atoms with Gasteiger partial charge >= 0.3 is 0 Å². The molecule has 0 radical (unpaired) electrons. The van der Waals surface area contributed by atoms with Gasteiger partial charge in [-0.15, -0.1) is 0 Å². The molecule has 94 heavy (non-hydrogen) atoms. The van der Waals surface area contributed by atoms with Crippen LogP contribution in [0, 0.1) is 6.33 Å². The molecule has 446 valence electrons. The van der Waals surface area contributed by atoms with Crippen molar-refractivity contribution in [3.63, 3.8) is 0 Å². The number of imidazole rings is 1. The maximum absolute atomic E-state index is 7.07. The average Bonchev–Trinajstić information content (AvgIpc) is 1.54. The van der Waals surface area contributed by atoms with Gasteiger partial charge in [0, 0.05) is 39.5 Å². The van der Waals surface area contributed by atoms with E-state index in [-0.39, 0.29) is 5.41 Å². The number of fused-ring (bicyclic) bond motifs is 7. The van der Waals surface area contributed by atoms with Crippen LogP contribution in [0.15, 0.2) is 328 Å². The summed E-state index contributed by atoms with van der Waals surface area (Å²) in [7, 11) is 0. The molecule has 0 fully saturated rings. The number of aromatic nitrogens is 5. The summed E-state index contributed by atoms with van der Waals surface area (Å²) in [6.07, 6.45) is 5.94. The molecule has 0 spiro atoms. The number of rotatable bonds is 12. The second-order valence-corrected chi connectivity index (χ2v) is 25.4. The summed E-state index contributed by atoms with van der Waals surface area (Å²) < 4.78 is 16.2. The summed E-state index contributed by atoms with van der Waals surface area (Å²) in [5.74, 6) is 2.25. The predicted molar refractivity (Wildman–Crippen MR) is 388 cm³/mol. The molecule has 0 unspecified atom stereocenters. The zero-order valence-electron chi connectivity index (χ0n) is 52.3. The van der Waals surface area contributed by atoms with Gasteiger partial charge in [0.05, 0.1) is 44.5 Å². The van der Waals surface area contributed by atoms with Crippen molar-refractivity contribution in [2.75, 3.05) is 0 Å². The molecule has 17 rings (SSSR count). The number of nitrogens with zero attached hydrogens (tertiary/aromatic N) is 5. The second kappa shape index (κ2) is 23.0. The fourth-order valence-electron chi connectivity index (χ4n) is 13.9. The summed E-state index contributed by atoms with van der Waals surface area (Å²) in [6.45, 7) is 6.75. The van der Waals surface area contributed by atoms with Crippen LogP contribution in [0.4, 0.5) is 0 Å². The Morgan fingerprint density at radius 1 is 0.330 bits per heavy atom. The van der Waals surface area contributed by atoms with E-state index in [1.54, 1.807) is 0 Å². The van der Waals surface area contributed by atoms with Crippen LogP contribution in [-0.2, 0) is 5.41 Å². The minimum atomic E-state index is -0.0883. The maximum Gasteiger partial charge on any atom is 0.269 e. The van der Waals surface area contributed by atoms with E-state index in [2.05, 4.69) is 361 Å². The molecule has 0 aliphatic heterocycles. The molecule has 0 aliphatic carbocycles. The first-order valence-electron chi connectivity index (χ1n) is 32.2. The Balaban J connectivity index is 0.827. The van der Waals surface area contributed by atoms with Gasteiger partial charge in [-0.3, -0.25) is 13.7 Å². The second-order valence-electron chi connectivity index (χ2n) is 25.4. The molecule has 6 heteroatoms. The zero-order valence-corrected chi connectivity index (χ0v) is 52.3. The Hall–Kier alpha value is -12.1. The van der Waals surface area contributed by atoms with Gasteiger partial charge in [0.25, 0.3) is 6.33 Å². The van der Waals surface area contributed by atoms with Crippen molar-refractivity contribution < 1.29 is 9.30 Å². The molecule has 0 bridgehead atoms. The molecular weight excluding hydrogens is 1140 g/mol. The van der Waals surface area contributed by atoms with Crippen LogP contribution in [0.25, 0.3) is 144 Å². The van der Waals surface area contributed by atoms with Crippen molar-refractivity contribution in [1.82, 2.24) is 18.7 Å².